The molecule has 4 nitrogen and oxygen atoms in total. The van der Waals surface area contributed by atoms with Crippen molar-refractivity contribution in [2.75, 3.05) is 36.4 Å². The van der Waals surface area contributed by atoms with Crippen molar-refractivity contribution in [3.8, 4) is 5.75 Å². The molecule has 1 unspecified atom stereocenters. The molecule has 138 valence electrons. The number of nitrogens with one attached hydrogen (secondary N) is 1. The second-order valence-electron chi connectivity index (χ2n) is 6.86. The lowest BCUT2D eigenvalue weighted by molar-refractivity contribution is 0.390. The normalized spacial score (nSPS) is 15.6. The number of nitrogens with zero attached hydrogens (tertiary/aromatic N) is 2. The molecule has 26 heavy (non-hydrogen) atoms. The number of piperazine rings is 1. The average Bonchev–Trinajstić information content (AvgIpc) is 2.68. The van der Waals surface area contributed by atoms with Crippen LogP contribution < -0.4 is 10.2 Å². The van der Waals surface area contributed by atoms with E-state index in [-0.39, 0.29) is 0 Å². The number of hydrogen-bond acceptors (Lipinski definition) is 3. The lowest BCUT2D eigenvalue weighted by atomic mass is 9.99. The molecule has 1 aliphatic heterocycles. The molecule has 0 bridgehead atoms. The van der Waals surface area contributed by atoms with Gasteiger partial charge in [-0.1, -0.05) is 32.0 Å². The molecule has 1 aliphatic rings. The van der Waals surface area contributed by atoms with E-state index in [1.165, 1.54) is 5.56 Å². The molecule has 0 amide bonds. The Hall–Kier alpha value is -2.27. The maximum Gasteiger partial charge on any atom is 0.173 e. The number of thiocarbonyl (C=S) groups is 1. The molecule has 3 rings (SSSR count). The minimum Gasteiger partial charge on any atom is -0.508 e. The average molecular weight is 370 g/mol. The SMILES string of the molecule is CCC(C)c1ccc(NC(=S)N2CCN(c3cccc(O)c3)CC2)cc1. The van der Waals surface area contributed by atoms with Gasteiger partial charge in [0.2, 0.25) is 0 Å². The third-order valence-electron chi connectivity index (χ3n) is 5.11. The van der Waals surface area contributed by atoms with Gasteiger partial charge in [-0.25, -0.2) is 0 Å². The number of rotatable bonds is 4. The summed E-state index contributed by atoms with van der Waals surface area (Å²) < 4.78 is 0. The minimum absolute atomic E-state index is 0.308. The number of phenolic OH excluding ortho intramolecular Hbond substituents is 1. The monoisotopic (exact) mass is 369 g/mol. The lowest BCUT2D eigenvalue weighted by Gasteiger charge is -2.37. The molecule has 0 spiro atoms. The molecule has 2 aromatic rings. The van der Waals surface area contributed by atoms with Gasteiger partial charge in [0.15, 0.2) is 5.11 Å². The van der Waals surface area contributed by atoms with Gasteiger partial charge in [0, 0.05) is 43.6 Å². The maximum atomic E-state index is 9.65. The van der Waals surface area contributed by atoms with Crippen molar-refractivity contribution in [3.05, 3.63) is 54.1 Å². The predicted octanol–water partition coefficient (Wildman–Crippen LogP) is 4.42. The van der Waals surface area contributed by atoms with Gasteiger partial charge in [-0.05, 0) is 54.4 Å². The maximum absolute atomic E-state index is 9.65. The third-order valence-corrected chi connectivity index (χ3v) is 5.47. The lowest BCUT2D eigenvalue weighted by Crippen LogP contribution is -2.50. The van der Waals surface area contributed by atoms with Gasteiger partial charge in [-0.2, -0.15) is 0 Å². The van der Waals surface area contributed by atoms with Gasteiger partial charge in [0.1, 0.15) is 5.75 Å². The Morgan fingerprint density at radius 3 is 2.42 bits per heavy atom. The van der Waals surface area contributed by atoms with Crippen molar-refractivity contribution in [1.29, 1.82) is 0 Å². The Kier molecular flexibility index (Phi) is 5.99. The van der Waals surface area contributed by atoms with E-state index in [2.05, 4.69) is 53.2 Å². The van der Waals surface area contributed by atoms with Crippen LogP contribution in [0.3, 0.4) is 0 Å². The van der Waals surface area contributed by atoms with Crippen LogP contribution in [0.1, 0.15) is 31.7 Å². The first-order valence-electron chi connectivity index (χ1n) is 9.26. The van der Waals surface area contributed by atoms with E-state index in [1.807, 2.05) is 18.2 Å². The van der Waals surface area contributed by atoms with E-state index < -0.39 is 0 Å². The minimum atomic E-state index is 0.308. The van der Waals surface area contributed by atoms with Gasteiger partial charge in [0.05, 0.1) is 0 Å². The van der Waals surface area contributed by atoms with Crippen molar-refractivity contribution in [1.82, 2.24) is 4.90 Å². The molecule has 2 N–H and O–H groups in total. The second kappa shape index (κ2) is 8.41. The highest BCUT2D eigenvalue weighted by molar-refractivity contribution is 7.80. The van der Waals surface area contributed by atoms with Crippen molar-refractivity contribution in [2.24, 2.45) is 0 Å². The number of hydrogen-bond donors (Lipinski definition) is 2. The van der Waals surface area contributed by atoms with Crippen LogP contribution in [0.25, 0.3) is 0 Å². The van der Waals surface area contributed by atoms with E-state index in [1.54, 1.807) is 6.07 Å². The first kappa shape index (κ1) is 18.5. The molecule has 1 atom stereocenters. The molecule has 0 saturated carbocycles. The van der Waals surface area contributed by atoms with Crippen molar-refractivity contribution >= 4 is 28.7 Å². The summed E-state index contributed by atoms with van der Waals surface area (Å²) in [7, 11) is 0. The molecule has 2 aromatic carbocycles. The molecule has 0 aliphatic carbocycles. The molecule has 1 saturated heterocycles. The summed E-state index contributed by atoms with van der Waals surface area (Å²) in [6.45, 7) is 7.97. The van der Waals surface area contributed by atoms with Crippen molar-refractivity contribution in [3.63, 3.8) is 0 Å². The van der Waals surface area contributed by atoms with Crippen LogP contribution in [0.5, 0.6) is 5.75 Å². The van der Waals surface area contributed by atoms with E-state index in [0.29, 0.717) is 11.7 Å². The summed E-state index contributed by atoms with van der Waals surface area (Å²) in [6.07, 6.45) is 1.15. The topological polar surface area (TPSA) is 38.7 Å². The Labute approximate surface area is 161 Å². The summed E-state index contributed by atoms with van der Waals surface area (Å²) in [6, 6.07) is 16.0. The van der Waals surface area contributed by atoms with Gasteiger partial charge in [-0.3, -0.25) is 0 Å². The highest BCUT2D eigenvalue weighted by Crippen LogP contribution is 2.22. The quantitative estimate of drug-likeness (QED) is 0.781. The first-order valence-corrected chi connectivity index (χ1v) is 9.67. The van der Waals surface area contributed by atoms with Gasteiger partial charge in [0.25, 0.3) is 0 Å². The summed E-state index contributed by atoms with van der Waals surface area (Å²) in [5.41, 5.74) is 3.46. The van der Waals surface area contributed by atoms with Crippen molar-refractivity contribution < 1.29 is 5.11 Å². The molecule has 0 aromatic heterocycles. The number of phenols is 1. The van der Waals surface area contributed by atoms with Crippen LogP contribution in [-0.4, -0.2) is 41.3 Å². The highest BCUT2D eigenvalue weighted by Gasteiger charge is 2.19. The number of aromatic hydroxyl groups is 1. The zero-order valence-corrected chi connectivity index (χ0v) is 16.3. The summed E-state index contributed by atoms with van der Waals surface area (Å²) >= 11 is 5.60. The molecular weight excluding hydrogens is 342 g/mol. The molecule has 1 fully saturated rings. The Bertz CT molecular complexity index is 739. The summed E-state index contributed by atoms with van der Waals surface area (Å²) in [5, 5.41) is 13.8. The van der Waals surface area contributed by atoms with E-state index >= 15 is 0 Å². The fourth-order valence-corrected chi connectivity index (χ4v) is 3.49. The zero-order valence-electron chi connectivity index (χ0n) is 15.5. The Morgan fingerprint density at radius 2 is 1.81 bits per heavy atom. The smallest absolute Gasteiger partial charge is 0.173 e. The van der Waals surface area contributed by atoms with E-state index in [9.17, 15) is 5.11 Å². The van der Waals surface area contributed by atoms with Crippen LogP contribution in [0, 0.1) is 0 Å². The van der Waals surface area contributed by atoms with Gasteiger partial charge >= 0.3 is 0 Å². The molecule has 5 heteroatoms. The molecular formula is C21H27N3OS. The Morgan fingerprint density at radius 1 is 1.12 bits per heavy atom. The first-order chi connectivity index (χ1) is 12.6. The predicted molar refractivity (Wildman–Crippen MR) is 113 cm³/mol. The third kappa shape index (κ3) is 4.47. The van der Waals surface area contributed by atoms with Crippen LogP contribution in [0.2, 0.25) is 0 Å². The molecule has 1 heterocycles. The Balaban J connectivity index is 1.53. The summed E-state index contributed by atoms with van der Waals surface area (Å²) in [4.78, 5) is 4.48. The molecule has 0 radical (unpaired) electrons. The van der Waals surface area contributed by atoms with Crippen LogP contribution >= 0.6 is 12.2 Å². The fraction of sp³-hybridized carbons (Fsp3) is 0.381. The number of anilines is 2. The van der Waals surface area contributed by atoms with Gasteiger partial charge < -0.3 is 20.2 Å². The number of benzene rings is 2. The second-order valence-corrected chi connectivity index (χ2v) is 7.24. The van der Waals surface area contributed by atoms with Gasteiger partial charge in [-0.15, -0.1) is 0 Å². The van der Waals surface area contributed by atoms with E-state index in [4.69, 9.17) is 12.2 Å². The van der Waals surface area contributed by atoms with Crippen molar-refractivity contribution in [2.45, 2.75) is 26.2 Å². The summed E-state index contributed by atoms with van der Waals surface area (Å²) in [5.74, 6) is 0.893. The van der Waals surface area contributed by atoms with E-state index in [0.717, 1.165) is 49.1 Å². The van der Waals surface area contributed by atoms with Crippen LogP contribution in [0.4, 0.5) is 11.4 Å². The standard InChI is InChI=1S/C21H27N3OS/c1-3-16(2)17-7-9-18(10-8-17)22-21(26)24-13-11-23(12-14-24)19-5-4-6-20(25)15-19/h4-10,15-16,25H,3,11-14H2,1-2H3,(H,22,26). The highest BCUT2D eigenvalue weighted by atomic mass is 32.1. The van der Waals surface area contributed by atoms with Crippen LogP contribution in [0.15, 0.2) is 48.5 Å². The largest absolute Gasteiger partial charge is 0.508 e. The van der Waals surface area contributed by atoms with Crippen LogP contribution in [-0.2, 0) is 0 Å². The fourth-order valence-electron chi connectivity index (χ4n) is 3.19. The zero-order chi connectivity index (χ0) is 18.5.